The number of thiophene rings is 1. The topological polar surface area (TPSA) is 101 Å². The Morgan fingerprint density at radius 1 is 1.29 bits per heavy atom. The summed E-state index contributed by atoms with van der Waals surface area (Å²) in [6.07, 6.45) is 0.559. The second-order valence-corrected chi connectivity index (χ2v) is 10.4. The zero-order valence-electron chi connectivity index (χ0n) is 16.3. The molecule has 4 rings (SSSR count). The second-order valence-electron chi connectivity index (χ2n) is 7.17. The van der Waals surface area contributed by atoms with Crippen LogP contribution in [0.15, 0.2) is 39.3 Å². The molecule has 1 fully saturated rings. The summed E-state index contributed by atoms with van der Waals surface area (Å²) in [5.41, 5.74) is 2.25. The average Bonchev–Trinajstić information content (AvgIpc) is 3.21. The first-order valence-electron chi connectivity index (χ1n) is 9.41. The van der Waals surface area contributed by atoms with Gasteiger partial charge in [-0.1, -0.05) is 11.6 Å². The van der Waals surface area contributed by atoms with Gasteiger partial charge in [-0.3, -0.25) is 15.0 Å². The van der Waals surface area contributed by atoms with Crippen molar-refractivity contribution in [3.05, 3.63) is 56.7 Å². The smallest absolute Gasteiger partial charge is 0.273 e. The fourth-order valence-electron chi connectivity index (χ4n) is 3.49. The predicted molar refractivity (Wildman–Crippen MR) is 116 cm³/mol. The van der Waals surface area contributed by atoms with E-state index in [4.69, 9.17) is 11.6 Å². The molecular formula is C19H18ClFN4O4S2. The zero-order valence-corrected chi connectivity index (χ0v) is 18.7. The summed E-state index contributed by atoms with van der Waals surface area (Å²) in [7, 11) is -3.85. The van der Waals surface area contributed by atoms with Gasteiger partial charge in [0.2, 0.25) is 15.9 Å². The number of nitrogens with one attached hydrogen (secondary N) is 1. The van der Waals surface area contributed by atoms with E-state index in [-0.39, 0.29) is 47.3 Å². The number of carbonyl (C=O) groups is 1. The molecule has 0 radical (unpaired) electrons. The lowest BCUT2D eigenvalue weighted by Crippen LogP contribution is -2.44. The van der Waals surface area contributed by atoms with E-state index in [0.717, 1.165) is 22.9 Å². The van der Waals surface area contributed by atoms with E-state index >= 15 is 0 Å². The lowest BCUT2D eigenvalue weighted by atomic mass is 9.98. The molecule has 0 saturated carbocycles. The molecule has 2 aromatic heterocycles. The van der Waals surface area contributed by atoms with Gasteiger partial charge in [0.25, 0.3) is 5.56 Å². The minimum absolute atomic E-state index is 0.0980. The van der Waals surface area contributed by atoms with Gasteiger partial charge in [0.1, 0.15) is 16.5 Å². The molecule has 164 valence electrons. The highest BCUT2D eigenvalue weighted by Gasteiger charge is 2.32. The number of nitrogens with zero attached hydrogens (tertiary/aromatic N) is 3. The standard InChI is InChI=1S/C19H18ClFN4O4S2/c1-11-22-18-14(6-9-30-18)19(27)25(11)23-17(26)12-4-7-24(8-5-12)31(28,29)13-2-3-16(21)15(20)10-13/h2-3,6,9-10,12H,4-5,7-8H2,1H3,(H,23,26). The summed E-state index contributed by atoms with van der Waals surface area (Å²) in [5.74, 6) is -1.17. The van der Waals surface area contributed by atoms with Gasteiger partial charge in [0.05, 0.1) is 15.3 Å². The van der Waals surface area contributed by atoms with E-state index in [1.165, 1.54) is 15.6 Å². The fraction of sp³-hybridized carbons (Fsp3) is 0.316. The van der Waals surface area contributed by atoms with Crippen molar-refractivity contribution >= 4 is 49.1 Å². The highest BCUT2D eigenvalue weighted by Crippen LogP contribution is 2.26. The molecule has 1 N–H and O–H groups in total. The Bertz CT molecular complexity index is 1330. The maximum atomic E-state index is 13.4. The van der Waals surface area contributed by atoms with Crippen LogP contribution >= 0.6 is 22.9 Å². The van der Waals surface area contributed by atoms with Gasteiger partial charge in [0, 0.05) is 19.0 Å². The molecule has 1 aromatic carbocycles. The summed E-state index contributed by atoms with van der Waals surface area (Å²) >= 11 is 7.06. The van der Waals surface area contributed by atoms with E-state index in [0.29, 0.717) is 16.0 Å². The summed E-state index contributed by atoms with van der Waals surface area (Å²) in [6, 6.07) is 4.90. The number of hydrogen-bond donors (Lipinski definition) is 1. The van der Waals surface area contributed by atoms with Crippen molar-refractivity contribution in [1.82, 2.24) is 14.0 Å². The van der Waals surface area contributed by atoms with Gasteiger partial charge >= 0.3 is 0 Å². The van der Waals surface area contributed by atoms with Crippen LogP contribution in [0.2, 0.25) is 5.02 Å². The van der Waals surface area contributed by atoms with E-state index in [1.807, 2.05) is 0 Å². The fourth-order valence-corrected chi connectivity index (χ4v) is 6.03. The molecule has 0 atom stereocenters. The van der Waals surface area contributed by atoms with Crippen LogP contribution in [0.1, 0.15) is 18.7 Å². The minimum Gasteiger partial charge on any atom is -0.273 e. The lowest BCUT2D eigenvalue weighted by Gasteiger charge is -2.30. The van der Waals surface area contributed by atoms with Crippen LogP contribution in [0.4, 0.5) is 4.39 Å². The Morgan fingerprint density at radius 3 is 2.68 bits per heavy atom. The van der Waals surface area contributed by atoms with Crippen LogP contribution in [0.5, 0.6) is 0 Å². The molecular weight excluding hydrogens is 467 g/mol. The van der Waals surface area contributed by atoms with E-state index in [1.54, 1.807) is 18.4 Å². The molecule has 0 aliphatic carbocycles. The number of halogens is 2. The van der Waals surface area contributed by atoms with E-state index in [2.05, 4.69) is 10.4 Å². The monoisotopic (exact) mass is 484 g/mol. The van der Waals surface area contributed by atoms with Crippen molar-refractivity contribution in [3.8, 4) is 0 Å². The zero-order chi connectivity index (χ0) is 22.3. The van der Waals surface area contributed by atoms with Crippen LogP contribution in [0.3, 0.4) is 0 Å². The SMILES string of the molecule is Cc1nc2sccc2c(=O)n1NC(=O)C1CCN(S(=O)(=O)c2ccc(F)c(Cl)c2)CC1. The first kappa shape index (κ1) is 21.9. The third-order valence-electron chi connectivity index (χ3n) is 5.24. The molecule has 0 bridgehead atoms. The Labute approximate surface area is 186 Å². The summed E-state index contributed by atoms with van der Waals surface area (Å²) in [4.78, 5) is 30.2. The highest BCUT2D eigenvalue weighted by atomic mass is 35.5. The Morgan fingerprint density at radius 2 is 2.00 bits per heavy atom. The molecule has 12 heteroatoms. The Kier molecular flexibility index (Phi) is 5.86. The van der Waals surface area contributed by atoms with Crippen molar-refractivity contribution < 1.29 is 17.6 Å². The number of sulfonamides is 1. The number of fused-ring (bicyclic) bond motifs is 1. The van der Waals surface area contributed by atoms with Crippen molar-refractivity contribution in [2.45, 2.75) is 24.7 Å². The van der Waals surface area contributed by atoms with Crippen molar-refractivity contribution in [2.24, 2.45) is 5.92 Å². The van der Waals surface area contributed by atoms with Crippen LogP contribution in [0.25, 0.3) is 10.2 Å². The Hall–Kier alpha value is -2.34. The average molecular weight is 485 g/mol. The molecule has 8 nitrogen and oxygen atoms in total. The largest absolute Gasteiger partial charge is 0.281 e. The van der Waals surface area contributed by atoms with Gasteiger partial charge in [-0.2, -0.15) is 4.31 Å². The van der Waals surface area contributed by atoms with Crippen molar-refractivity contribution in [2.75, 3.05) is 18.5 Å². The quantitative estimate of drug-likeness (QED) is 0.613. The van der Waals surface area contributed by atoms with E-state index < -0.39 is 21.8 Å². The Balaban J connectivity index is 1.46. The third-order valence-corrected chi connectivity index (χ3v) is 8.23. The number of benzene rings is 1. The van der Waals surface area contributed by atoms with Crippen molar-refractivity contribution in [1.29, 1.82) is 0 Å². The summed E-state index contributed by atoms with van der Waals surface area (Å²) in [6.45, 7) is 1.86. The molecule has 1 saturated heterocycles. The number of rotatable bonds is 4. The van der Waals surface area contributed by atoms with E-state index in [9.17, 15) is 22.4 Å². The number of amides is 1. The van der Waals surface area contributed by atoms with Crippen LogP contribution < -0.4 is 11.0 Å². The molecule has 31 heavy (non-hydrogen) atoms. The predicted octanol–water partition coefficient (Wildman–Crippen LogP) is 2.73. The van der Waals surface area contributed by atoms with Gasteiger partial charge in [0.15, 0.2) is 0 Å². The summed E-state index contributed by atoms with van der Waals surface area (Å²) in [5, 5.41) is 1.91. The first-order chi connectivity index (χ1) is 14.7. The summed E-state index contributed by atoms with van der Waals surface area (Å²) < 4.78 is 41.3. The van der Waals surface area contributed by atoms with Gasteiger partial charge in [-0.15, -0.1) is 11.3 Å². The molecule has 3 aromatic rings. The number of hydrogen-bond acceptors (Lipinski definition) is 6. The highest BCUT2D eigenvalue weighted by molar-refractivity contribution is 7.89. The normalized spacial score (nSPS) is 16.0. The maximum Gasteiger partial charge on any atom is 0.281 e. The van der Waals surface area contributed by atoms with Gasteiger partial charge in [-0.25, -0.2) is 22.5 Å². The lowest BCUT2D eigenvalue weighted by molar-refractivity contribution is -0.121. The second kappa shape index (κ2) is 8.30. The van der Waals surface area contributed by atoms with Gasteiger partial charge in [-0.05, 0) is 49.4 Å². The number of piperidine rings is 1. The van der Waals surface area contributed by atoms with Gasteiger partial charge < -0.3 is 0 Å². The number of carbonyl (C=O) groups excluding carboxylic acids is 1. The molecule has 1 aliphatic heterocycles. The molecule has 0 unspecified atom stereocenters. The third kappa shape index (κ3) is 4.10. The molecule has 0 spiro atoms. The first-order valence-corrected chi connectivity index (χ1v) is 12.1. The number of aryl methyl sites for hydroxylation is 1. The molecule has 3 heterocycles. The minimum atomic E-state index is -3.85. The van der Waals surface area contributed by atoms with Crippen LogP contribution in [-0.2, 0) is 14.8 Å². The van der Waals surface area contributed by atoms with Crippen LogP contribution in [-0.4, -0.2) is 41.4 Å². The van der Waals surface area contributed by atoms with Crippen molar-refractivity contribution in [3.63, 3.8) is 0 Å². The molecule has 1 aliphatic rings. The maximum absolute atomic E-state index is 13.4. The molecule has 1 amide bonds. The van der Waals surface area contributed by atoms with Crippen LogP contribution in [0, 0.1) is 18.7 Å². The number of aromatic nitrogens is 2.